The van der Waals surface area contributed by atoms with Gasteiger partial charge in [-0.05, 0) is 135 Å². The Morgan fingerprint density at radius 2 is 0.644 bits per heavy atom. The number of ether oxygens (including phenoxy) is 3. The third-order valence-electron chi connectivity index (χ3n) is 19.0. The number of phenols is 2. The van der Waals surface area contributed by atoms with Gasteiger partial charge in [0.1, 0.15) is 59.1 Å². The molecular formula is C89H100N7Na5O27S7-2. The fourth-order valence-electron chi connectivity index (χ4n) is 14.3. The predicted molar refractivity (Wildman–Crippen MR) is 490 cm³/mol. The number of hydrogen-bond donors (Lipinski definition) is 10. The van der Waals surface area contributed by atoms with E-state index in [-0.39, 0.29) is 225 Å². The van der Waals surface area contributed by atoms with Crippen molar-refractivity contribution >= 4 is 112 Å². The number of nitrogens with one attached hydrogen (secondary N) is 7. The number of aliphatic hydroxyl groups is 1. The molecule has 11 aromatic carbocycles. The number of anilines is 7. The Morgan fingerprint density at radius 1 is 0.378 bits per heavy atom. The Labute approximate surface area is 903 Å². The fraction of sp³-hybridized carbons (Fsp3) is 0.236. The number of rotatable bonds is 29. The maximum Gasteiger partial charge on any atom is 1.00 e. The quantitative estimate of drug-likeness (QED) is 0.0100. The molecular weight excluding hydrogens is 1940 g/mol. The molecule has 10 N–H and O–H groups in total. The molecule has 1 heterocycles. The molecule has 46 heteroatoms. The number of methoxy groups -OCH3 is 3. The van der Waals surface area contributed by atoms with Crippen LogP contribution in [0, 0.1) is 14.9 Å². The molecule has 0 unspecified atom stereocenters. The summed E-state index contributed by atoms with van der Waals surface area (Å²) in [5.74, 6) is -1.69. The number of phenolic OH excluding ortho intramolecular Hbond substituents is 2. The second-order valence-electron chi connectivity index (χ2n) is 30.0. The molecule has 0 bridgehead atoms. The van der Waals surface area contributed by atoms with Gasteiger partial charge in [0.25, 0.3) is 0 Å². The van der Waals surface area contributed by atoms with E-state index in [0.717, 1.165) is 58.6 Å². The van der Waals surface area contributed by atoms with Gasteiger partial charge in [0.15, 0.2) is 0 Å². The predicted octanol–water partition coefficient (Wildman–Crippen LogP) is -2.48. The average Bonchev–Trinajstić information content (AvgIpc) is 0.761. The summed E-state index contributed by atoms with van der Waals surface area (Å²) in [5.41, 5.74) is 9.27. The van der Waals surface area contributed by atoms with E-state index < -0.39 is 105 Å². The van der Waals surface area contributed by atoms with Crippen molar-refractivity contribution in [1.29, 1.82) is 0 Å². The van der Waals surface area contributed by atoms with Gasteiger partial charge in [-0.15, -0.1) is 25.3 Å². The molecule has 702 valence electrons. The summed E-state index contributed by atoms with van der Waals surface area (Å²) in [4.78, 5) is -1.73. The Bertz CT molecular complexity index is 6240. The molecule has 12 rings (SSSR count). The van der Waals surface area contributed by atoms with E-state index in [2.05, 4.69) is 64.9 Å². The largest absolute Gasteiger partial charge is 1.00 e. The van der Waals surface area contributed by atoms with Gasteiger partial charge in [-0.3, -0.25) is 0 Å². The van der Waals surface area contributed by atoms with Crippen LogP contribution in [-0.4, -0.2) is 156 Å². The first-order chi connectivity index (χ1) is 59.9. The number of hydrogen-bond acceptors (Lipinski definition) is 34. The van der Waals surface area contributed by atoms with Crippen LogP contribution >= 0.6 is 0 Å². The molecule has 0 aliphatic carbocycles. The van der Waals surface area contributed by atoms with Gasteiger partial charge >= 0.3 is 169 Å². The van der Waals surface area contributed by atoms with Gasteiger partial charge in [0.2, 0.25) is 0 Å². The molecule has 1 aliphatic rings. The fourth-order valence-corrected chi connectivity index (χ4v) is 16.4. The monoisotopic (exact) mass is 2040 g/mol. The molecule has 0 saturated carbocycles. The SMILES string of the molecule is CC1(C)CC(Nc2ccc(C(c3ccc(NCc4ccccc4)cc3O)c3ccc(NCc4ccccc4)cc3O)c(S(=O)(=O)[O-])c2)CC(C)(C)N1.COc1cc(NCc2ccccc2)ccc1C(c1ccc(NCc2ccccc2)cc1OC)c1ccc(Nc2cc(S(=O)(=O)[O-])c(OC)cc2CO)cc1S(=O)(=O)[O-].CS(=O)(=O)[O-].CS(=O)(=O)[O-].O=S(=O)=O.O=S(=O)=O.[CH3-].[CH3-].[Na+].[Na+].[Na+].[Na+].[Na+]. The topological polar surface area (TPSA) is 561 Å². The van der Waals surface area contributed by atoms with Gasteiger partial charge in [0.05, 0.1) is 62.9 Å². The van der Waals surface area contributed by atoms with Crippen LogP contribution < -0.4 is 199 Å². The first-order valence-electron chi connectivity index (χ1n) is 38.2. The zero-order valence-corrected chi connectivity index (χ0v) is 93.0. The van der Waals surface area contributed by atoms with E-state index in [1.54, 1.807) is 72.8 Å². The number of piperidine rings is 1. The number of aliphatic hydroxyl groups excluding tert-OH is 1. The van der Waals surface area contributed by atoms with Crippen molar-refractivity contribution in [3.05, 3.63) is 319 Å². The molecule has 11 aromatic rings. The molecule has 1 fully saturated rings. The Kier molecular flexibility index (Phi) is 55.8. The second-order valence-corrected chi connectivity index (χ2v) is 37.6. The molecule has 0 aromatic heterocycles. The van der Waals surface area contributed by atoms with Crippen LogP contribution in [0.5, 0.6) is 28.7 Å². The third-order valence-corrected chi connectivity index (χ3v) is 21.6. The van der Waals surface area contributed by atoms with E-state index in [4.69, 9.17) is 65.4 Å². The van der Waals surface area contributed by atoms with E-state index >= 15 is 0 Å². The van der Waals surface area contributed by atoms with Crippen LogP contribution in [0.25, 0.3) is 0 Å². The van der Waals surface area contributed by atoms with Gasteiger partial charge in [-0.25, -0.2) is 42.1 Å². The third kappa shape index (κ3) is 43.7. The summed E-state index contributed by atoms with van der Waals surface area (Å²) in [6.45, 7) is 10.0. The van der Waals surface area contributed by atoms with Gasteiger partial charge in [-0.2, -0.15) is 0 Å². The van der Waals surface area contributed by atoms with Gasteiger partial charge < -0.3 is 104 Å². The van der Waals surface area contributed by atoms with E-state index in [1.807, 2.05) is 133 Å². The molecule has 1 aliphatic heterocycles. The van der Waals surface area contributed by atoms with Crippen molar-refractivity contribution < 1.29 is 267 Å². The Hall–Kier alpha value is -7.07. The van der Waals surface area contributed by atoms with E-state index in [0.29, 0.717) is 89.5 Å². The Morgan fingerprint density at radius 3 is 0.933 bits per heavy atom. The molecule has 1 saturated heterocycles. The molecule has 34 nitrogen and oxygen atoms in total. The van der Waals surface area contributed by atoms with Gasteiger partial charge in [-0.1, -0.05) is 158 Å². The van der Waals surface area contributed by atoms with Crippen LogP contribution in [0.15, 0.2) is 257 Å². The van der Waals surface area contributed by atoms with Crippen LogP contribution in [0.1, 0.15) is 114 Å². The molecule has 0 spiro atoms. The van der Waals surface area contributed by atoms with Crippen molar-refractivity contribution in [3.8, 4) is 28.7 Å². The molecule has 0 radical (unpaired) electrons. The maximum absolute atomic E-state index is 13.2. The smallest absolute Gasteiger partial charge is 0.748 e. The zero-order valence-electron chi connectivity index (χ0n) is 77.3. The molecule has 0 amide bonds. The van der Waals surface area contributed by atoms with Crippen molar-refractivity contribution in [2.45, 2.75) is 117 Å². The van der Waals surface area contributed by atoms with Crippen LogP contribution in [0.4, 0.5) is 39.8 Å². The summed E-state index contributed by atoms with van der Waals surface area (Å²) in [5, 5.41) is 56.5. The minimum atomic E-state index is -5.21. The first kappa shape index (κ1) is 128. The van der Waals surface area contributed by atoms with Crippen LogP contribution in [-0.2, 0) is 105 Å². The van der Waals surface area contributed by atoms with Gasteiger partial charge in [0, 0.05) is 160 Å². The summed E-state index contributed by atoms with van der Waals surface area (Å²) in [7, 11) is -25.2. The average molecular weight is 2040 g/mol. The number of benzene rings is 11. The summed E-state index contributed by atoms with van der Waals surface area (Å²) >= 11 is 0. The van der Waals surface area contributed by atoms with E-state index in [9.17, 15) is 54.2 Å². The van der Waals surface area contributed by atoms with E-state index in [1.165, 1.54) is 45.6 Å². The van der Waals surface area contributed by atoms with Crippen molar-refractivity contribution in [2.75, 3.05) is 65.7 Å². The zero-order chi connectivity index (χ0) is 94.7. The first-order valence-corrected chi connectivity index (χ1v) is 48.1. The summed E-state index contributed by atoms with van der Waals surface area (Å²) in [6.07, 6.45) is 2.79. The minimum Gasteiger partial charge on any atom is -0.748 e. The minimum absolute atomic E-state index is 0. The van der Waals surface area contributed by atoms with Crippen LogP contribution in [0.2, 0.25) is 0 Å². The standard InChI is InChI=1S/C43H43N3O10S2.C42H48N4O5S.2CH4O3S.2CH3.5Na.2O3S/c1-54-38-21-31(44-25-28-10-6-4-7-11-28)14-17-34(38)43(35-18-15-32(22-39(35)55-2)45-26-29-12-8-5-9-13-29)36-19-16-33(23-41(36)57(48,49)50)46-37-24-42(58(51,52)53)40(56-3)20-30(37)27-47;1-41(2)24-33(25-42(3,4)46-41)45-32-17-20-36(39(23-32)52(49,50)51)40(34-18-15-30(21-37(34)47)43-26-28-11-7-5-8-12-28)35-19-16-31(22-38(35)48)44-27-29-13-9-6-10-14-29;2*1-5(2,3)4;;;;;;;;2*1-4(2)3/h4-24,43-47H,25-27H2,1-3H3,(H,48,49,50)(H,51,52,53);5-23,33,40,43-48H,24-27H2,1-4H3,(H,49,50,51);2*1H3,(H,2,3,4);2*1H3;;;;;;;/q;;;;2*-1;5*+1;;/p-5. The van der Waals surface area contributed by atoms with Crippen molar-refractivity contribution in [1.82, 2.24) is 5.32 Å². The summed E-state index contributed by atoms with van der Waals surface area (Å²) in [6, 6.07) is 71.2. The van der Waals surface area contributed by atoms with Crippen molar-refractivity contribution in [3.63, 3.8) is 0 Å². The maximum atomic E-state index is 13.2. The molecule has 0 atom stereocenters. The number of aromatic hydroxyl groups is 2. The van der Waals surface area contributed by atoms with Crippen LogP contribution in [0.3, 0.4) is 0 Å². The normalized spacial score (nSPS) is 12.2. The van der Waals surface area contributed by atoms with Crippen molar-refractivity contribution in [2.24, 2.45) is 0 Å². The molecule has 135 heavy (non-hydrogen) atoms. The second kappa shape index (κ2) is 58.9. The summed E-state index contributed by atoms with van der Waals surface area (Å²) < 4.78 is 237. The Balaban J connectivity index is 0.00000216.